The Balaban J connectivity index is 1.68. The van der Waals surface area contributed by atoms with Crippen LogP contribution in [0.1, 0.15) is 43.6 Å². The molecule has 0 bridgehead atoms. The van der Waals surface area contributed by atoms with Crippen LogP contribution in [0, 0.1) is 18.6 Å². The molecule has 0 N–H and O–H groups in total. The normalized spacial score (nSPS) is 13.5. The molecule has 5 nitrogen and oxygen atoms in total. The van der Waals surface area contributed by atoms with Gasteiger partial charge in [-0.2, -0.15) is 0 Å². The van der Waals surface area contributed by atoms with Gasteiger partial charge in [0.25, 0.3) is 0 Å². The van der Waals surface area contributed by atoms with Crippen LogP contribution >= 0.6 is 0 Å². The molecule has 0 atom stereocenters. The van der Waals surface area contributed by atoms with Gasteiger partial charge in [-0.3, -0.25) is 9.97 Å². The molecule has 7 heteroatoms. The van der Waals surface area contributed by atoms with Gasteiger partial charge in [-0.05, 0) is 44.1 Å². The monoisotopic (exact) mass is 427 g/mol. The van der Waals surface area contributed by atoms with Crippen molar-refractivity contribution in [2.24, 2.45) is 0 Å². The summed E-state index contributed by atoms with van der Waals surface area (Å²) in [6.45, 7) is 11.2. The van der Waals surface area contributed by atoms with Crippen LogP contribution in [0.5, 0.6) is 0 Å². The number of hydrogen-bond acceptors (Lipinski definition) is 5. The summed E-state index contributed by atoms with van der Waals surface area (Å²) in [7, 11) is 0. The molecule has 0 amide bonds. The lowest BCUT2D eigenvalue weighted by atomic mass is 10.1. The Morgan fingerprint density at radius 2 is 2.00 bits per heavy atom. The highest BCUT2D eigenvalue weighted by Gasteiger charge is 2.18. The molecule has 2 aromatic heterocycles. The Kier molecular flexibility index (Phi) is 7.39. The number of nitrogens with zero attached hydrogens (tertiary/aromatic N) is 3. The fraction of sp³-hybridized carbons (Fsp3) is 0.333. The van der Waals surface area contributed by atoms with E-state index in [-0.39, 0.29) is 12.3 Å². The average molecular weight is 427 g/mol. The van der Waals surface area contributed by atoms with Crippen LogP contribution in [0.15, 0.2) is 54.7 Å². The fourth-order valence-electron chi connectivity index (χ4n) is 3.13. The number of halogens is 2. The minimum absolute atomic E-state index is 0.0620. The highest BCUT2D eigenvalue weighted by molar-refractivity contribution is 5.65. The summed E-state index contributed by atoms with van der Waals surface area (Å²) in [5.74, 6) is -0.268. The zero-order valence-electron chi connectivity index (χ0n) is 18.1. The standard InChI is InChI=1S/C24H27F2N3O2/c1-5-6-9-30-18(4)22-12-24(16(2)13-27-22)29-8-7-20(10-17(29)3)31-15-23-21(26)11-19(25)14-28-23/h7,10-14H,4-6,8-9,15H2,1-3H3. The topological polar surface area (TPSA) is 47.5 Å². The summed E-state index contributed by atoms with van der Waals surface area (Å²) in [5.41, 5.74) is 3.75. The number of rotatable bonds is 9. The van der Waals surface area contributed by atoms with Crippen molar-refractivity contribution < 1.29 is 18.3 Å². The van der Waals surface area contributed by atoms with E-state index in [1.807, 2.05) is 38.3 Å². The van der Waals surface area contributed by atoms with Gasteiger partial charge < -0.3 is 14.4 Å². The van der Waals surface area contributed by atoms with Gasteiger partial charge in [0, 0.05) is 30.2 Å². The summed E-state index contributed by atoms with van der Waals surface area (Å²) in [5, 5.41) is 0. The lowest BCUT2D eigenvalue weighted by molar-refractivity contribution is 0.201. The highest BCUT2D eigenvalue weighted by atomic mass is 19.1. The van der Waals surface area contributed by atoms with Crippen LogP contribution in [-0.4, -0.2) is 23.1 Å². The summed E-state index contributed by atoms with van der Waals surface area (Å²) in [6.07, 6.45) is 8.58. The number of hydrogen-bond donors (Lipinski definition) is 0. The summed E-state index contributed by atoms with van der Waals surface area (Å²) in [4.78, 5) is 10.3. The quantitative estimate of drug-likeness (QED) is 0.381. The van der Waals surface area contributed by atoms with Crippen LogP contribution < -0.4 is 4.90 Å². The van der Waals surface area contributed by atoms with Gasteiger partial charge in [0.1, 0.15) is 35.3 Å². The van der Waals surface area contributed by atoms with Crippen molar-refractivity contribution in [2.75, 3.05) is 18.1 Å². The largest absolute Gasteiger partial charge is 0.492 e. The van der Waals surface area contributed by atoms with Crippen molar-refractivity contribution in [1.82, 2.24) is 9.97 Å². The molecule has 164 valence electrons. The molecule has 3 rings (SSSR count). The Hall–Kier alpha value is -3.22. The first kappa shape index (κ1) is 22.5. The number of ether oxygens (including phenoxy) is 2. The third kappa shape index (κ3) is 5.69. The summed E-state index contributed by atoms with van der Waals surface area (Å²) < 4.78 is 38.1. The Morgan fingerprint density at radius 3 is 2.71 bits per heavy atom. The lowest BCUT2D eigenvalue weighted by Gasteiger charge is -2.29. The number of pyridine rings is 2. The van der Waals surface area contributed by atoms with Crippen molar-refractivity contribution in [1.29, 1.82) is 0 Å². The van der Waals surface area contributed by atoms with E-state index >= 15 is 0 Å². The molecule has 0 unspecified atom stereocenters. The minimum atomic E-state index is -0.722. The van der Waals surface area contributed by atoms with E-state index in [4.69, 9.17) is 9.47 Å². The van der Waals surface area contributed by atoms with E-state index in [0.29, 0.717) is 30.4 Å². The molecular weight excluding hydrogens is 400 g/mol. The van der Waals surface area contributed by atoms with Crippen LogP contribution in [0.25, 0.3) is 5.76 Å². The van der Waals surface area contributed by atoms with Gasteiger partial charge >= 0.3 is 0 Å². The van der Waals surface area contributed by atoms with Crippen LogP contribution in [-0.2, 0) is 16.1 Å². The maximum Gasteiger partial charge on any atom is 0.151 e. The number of unbranched alkanes of at least 4 members (excludes halogenated alkanes) is 1. The van der Waals surface area contributed by atoms with Crippen molar-refractivity contribution in [3.8, 4) is 0 Å². The van der Waals surface area contributed by atoms with Gasteiger partial charge in [-0.15, -0.1) is 0 Å². The predicted octanol–water partition coefficient (Wildman–Crippen LogP) is 5.68. The molecule has 0 saturated carbocycles. The first-order valence-electron chi connectivity index (χ1n) is 10.3. The van der Waals surface area contributed by atoms with Gasteiger partial charge in [-0.25, -0.2) is 8.78 Å². The summed E-state index contributed by atoms with van der Waals surface area (Å²) >= 11 is 0. The zero-order valence-corrected chi connectivity index (χ0v) is 18.1. The molecule has 3 heterocycles. The molecule has 2 aromatic rings. The number of aromatic nitrogens is 2. The van der Waals surface area contributed by atoms with E-state index in [9.17, 15) is 8.78 Å². The SMILES string of the molecule is C=C(OCCCC)c1cc(N2CC=C(OCc3ncc(F)cc3F)C=C2C)c(C)cn1. The fourth-order valence-corrected chi connectivity index (χ4v) is 3.13. The lowest BCUT2D eigenvalue weighted by Crippen LogP contribution is -2.25. The van der Waals surface area contributed by atoms with Crippen LogP contribution in [0.3, 0.4) is 0 Å². The van der Waals surface area contributed by atoms with Gasteiger partial charge in [0.2, 0.25) is 0 Å². The van der Waals surface area contributed by atoms with Gasteiger partial charge in [0.05, 0.1) is 12.8 Å². The molecule has 0 spiro atoms. The molecule has 1 aliphatic rings. The molecule has 0 saturated heterocycles. The second-order valence-electron chi connectivity index (χ2n) is 7.35. The van der Waals surface area contributed by atoms with E-state index in [1.165, 1.54) is 0 Å². The Bertz CT molecular complexity index is 1020. The highest BCUT2D eigenvalue weighted by Crippen LogP contribution is 2.29. The van der Waals surface area contributed by atoms with Crippen molar-refractivity contribution >= 4 is 11.4 Å². The average Bonchev–Trinajstić information content (AvgIpc) is 2.74. The molecule has 0 radical (unpaired) electrons. The van der Waals surface area contributed by atoms with E-state index in [1.54, 1.807) is 0 Å². The molecular formula is C24H27F2N3O2. The number of anilines is 1. The van der Waals surface area contributed by atoms with E-state index < -0.39 is 11.6 Å². The third-order valence-electron chi connectivity index (χ3n) is 4.94. The van der Waals surface area contributed by atoms with Crippen LogP contribution in [0.2, 0.25) is 0 Å². The maximum atomic E-state index is 13.8. The third-order valence-corrected chi connectivity index (χ3v) is 4.94. The Labute approximate surface area is 181 Å². The first-order chi connectivity index (χ1) is 14.9. The molecule has 0 fully saturated rings. The second-order valence-corrected chi connectivity index (χ2v) is 7.35. The minimum Gasteiger partial charge on any atom is -0.492 e. The van der Waals surface area contributed by atoms with Gasteiger partial charge in [-0.1, -0.05) is 19.9 Å². The summed E-state index contributed by atoms with van der Waals surface area (Å²) in [6, 6.07) is 2.77. The number of aryl methyl sites for hydroxylation is 1. The Morgan fingerprint density at radius 1 is 1.19 bits per heavy atom. The van der Waals surface area contributed by atoms with E-state index in [0.717, 1.165) is 42.1 Å². The second kappa shape index (κ2) is 10.2. The van der Waals surface area contributed by atoms with E-state index in [2.05, 4.69) is 28.4 Å². The van der Waals surface area contributed by atoms with Gasteiger partial charge in [0.15, 0.2) is 5.82 Å². The predicted molar refractivity (Wildman–Crippen MR) is 117 cm³/mol. The maximum absolute atomic E-state index is 13.8. The van der Waals surface area contributed by atoms with Crippen LogP contribution in [0.4, 0.5) is 14.5 Å². The van der Waals surface area contributed by atoms with Crippen molar-refractivity contribution in [2.45, 2.75) is 40.2 Å². The van der Waals surface area contributed by atoms with Crippen molar-refractivity contribution in [3.63, 3.8) is 0 Å². The first-order valence-corrected chi connectivity index (χ1v) is 10.3. The zero-order chi connectivity index (χ0) is 22.4. The molecule has 31 heavy (non-hydrogen) atoms. The number of allylic oxidation sites excluding steroid dienone is 2. The van der Waals surface area contributed by atoms with Crippen molar-refractivity contribution in [3.05, 3.63) is 83.3 Å². The molecule has 0 aliphatic carbocycles. The molecule has 0 aromatic carbocycles. The molecule has 1 aliphatic heterocycles. The smallest absolute Gasteiger partial charge is 0.151 e.